The van der Waals surface area contributed by atoms with Crippen LogP contribution in [0.5, 0.6) is 0 Å². The molecule has 0 saturated carbocycles. The predicted molar refractivity (Wildman–Crippen MR) is 83.4 cm³/mol. The molecule has 0 aromatic heterocycles. The molecule has 20 heavy (non-hydrogen) atoms. The molecule has 1 aromatic rings. The van der Waals surface area contributed by atoms with E-state index in [1.165, 1.54) is 6.42 Å². The van der Waals surface area contributed by atoms with Gasteiger partial charge in [0.05, 0.1) is 6.42 Å². The minimum atomic E-state index is 0.134. The Kier molecular flexibility index (Phi) is 5.70. The number of carbonyl (C=O) groups is 1. The van der Waals surface area contributed by atoms with E-state index >= 15 is 0 Å². The molecule has 0 aliphatic carbocycles. The molecule has 1 N–H and O–H groups in total. The number of hydrogen-bond donors (Lipinski definition) is 1. The molecule has 1 aliphatic heterocycles. The van der Waals surface area contributed by atoms with Gasteiger partial charge in [-0.25, -0.2) is 0 Å². The van der Waals surface area contributed by atoms with Crippen LogP contribution in [-0.2, 0) is 11.2 Å². The molecule has 0 bridgehead atoms. The van der Waals surface area contributed by atoms with E-state index in [-0.39, 0.29) is 5.91 Å². The van der Waals surface area contributed by atoms with Crippen molar-refractivity contribution in [3.8, 4) is 0 Å². The van der Waals surface area contributed by atoms with Gasteiger partial charge >= 0.3 is 0 Å². The average Bonchev–Trinajstić information content (AvgIpc) is 2.43. The topological polar surface area (TPSA) is 32.3 Å². The molecule has 1 aliphatic rings. The van der Waals surface area contributed by atoms with Gasteiger partial charge in [-0.2, -0.15) is 0 Å². The largest absolute Gasteiger partial charge is 0.342 e. The molecule has 1 aromatic carbocycles. The van der Waals surface area contributed by atoms with E-state index in [4.69, 9.17) is 23.2 Å². The van der Waals surface area contributed by atoms with Crippen molar-refractivity contribution < 1.29 is 4.79 Å². The van der Waals surface area contributed by atoms with Crippen LogP contribution in [0.3, 0.4) is 0 Å². The summed E-state index contributed by atoms with van der Waals surface area (Å²) in [7, 11) is 1.95. The average molecular weight is 315 g/mol. The lowest BCUT2D eigenvalue weighted by Gasteiger charge is -2.33. The summed E-state index contributed by atoms with van der Waals surface area (Å²) in [5.41, 5.74) is 0.805. The van der Waals surface area contributed by atoms with E-state index in [0.29, 0.717) is 22.4 Å². The maximum atomic E-state index is 12.4. The minimum Gasteiger partial charge on any atom is -0.342 e. The van der Waals surface area contributed by atoms with Crippen LogP contribution in [0.15, 0.2) is 18.2 Å². The molecular weight excluding hydrogens is 295 g/mol. The van der Waals surface area contributed by atoms with E-state index in [1.54, 1.807) is 18.2 Å². The summed E-state index contributed by atoms with van der Waals surface area (Å²) in [5.74, 6) is 0.683. The number of amides is 1. The third-order valence-electron chi connectivity index (χ3n) is 3.71. The molecule has 0 radical (unpaired) electrons. The van der Waals surface area contributed by atoms with E-state index in [9.17, 15) is 4.79 Å². The van der Waals surface area contributed by atoms with E-state index in [1.807, 2.05) is 11.9 Å². The third-order valence-corrected chi connectivity index (χ3v) is 4.32. The summed E-state index contributed by atoms with van der Waals surface area (Å²) in [6.45, 7) is 2.64. The zero-order chi connectivity index (χ0) is 14.5. The number of nitrogens with zero attached hydrogens (tertiary/aromatic N) is 1. The van der Waals surface area contributed by atoms with Gasteiger partial charge in [-0.1, -0.05) is 23.2 Å². The Balaban J connectivity index is 1.99. The molecule has 2 rings (SSSR count). The fraction of sp³-hybridized carbons (Fsp3) is 0.533. The Morgan fingerprint density at radius 2 is 2.25 bits per heavy atom. The summed E-state index contributed by atoms with van der Waals surface area (Å²) in [5, 5.41) is 4.40. The summed E-state index contributed by atoms with van der Waals surface area (Å²) >= 11 is 12.1. The smallest absolute Gasteiger partial charge is 0.227 e. The van der Waals surface area contributed by atoms with Crippen LogP contribution in [0.4, 0.5) is 0 Å². The van der Waals surface area contributed by atoms with Crippen molar-refractivity contribution in [1.82, 2.24) is 10.2 Å². The standard InChI is InChI=1S/C15H20Cl2N2O/c1-18-9-11-3-2-6-19(10-11)15(20)8-12-7-13(16)4-5-14(12)17/h4-5,7,11,18H,2-3,6,8-10H2,1H3/t11-/m0/s1. The van der Waals surface area contributed by atoms with Gasteiger partial charge < -0.3 is 10.2 Å². The van der Waals surface area contributed by atoms with Crippen LogP contribution in [0.1, 0.15) is 18.4 Å². The van der Waals surface area contributed by atoms with Crippen molar-refractivity contribution >= 4 is 29.1 Å². The van der Waals surface area contributed by atoms with Crippen LogP contribution in [-0.4, -0.2) is 37.5 Å². The summed E-state index contributed by atoms with van der Waals surface area (Å²) < 4.78 is 0. The fourth-order valence-electron chi connectivity index (χ4n) is 2.70. The molecular formula is C15H20Cl2N2O. The molecule has 1 fully saturated rings. The minimum absolute atomic E-state index is 0.134. The van der Waals surface area contributed by atoms with E-state index in [2.05, 4.69) is 5.32 Å². The molecule has 5 heteroatoms. The highest BCUT2D eigenvalue weighted by molar-refractivity contribution is 6.33. The number of carbonyl (C=O) groups excluding carboxylic acids is 1. The fourth-order valence-corrected chi connectivity index (χ4v) is 3.08. The van der Waals surface area contributed by atoms with Gasteiger partial charge in [-0.05, 0) is 56.1 Å². The summed E-state index contributed by atoms with van der Waals surface area (Å²) in [6.07, 6.45) is 2.58. The quantitative estimate of drug-likeness (QED) is 0.926. The van der Waals surface area contributed by atoms with Crippen molar-refractivity contribution in [2.45, 2.75) is 19.3 Å². The molecule has 1 amide bonds. The van der Waals surface area contributed by atoms with Gasteiger partial charge in [0.1, 0.15) is 0 Å². The zero-order valence-electron chi connectivity index (χ0n) is 11.7. The predicted octanol–water partition coefficient (Wildman–Crippen LogP) is 2.99. The van der Waals surface area contributed by atoms with Gasteiger partial charge in [-0.15, -0.1) is 0 Å². The van der Waals surface area contributed by atoms with Crippen LogP contribution in [0.2, 0.25) is 10.0 Å². The van der Waals surface area contributed by atoms with Crippen LogP contribution >= 0.6 is 23.2 Å². The van der Waals surface area contributed by atoms with E-state index < -0.39 is 0 Å². The lowest BCUT2D eigenvalue weighted by molar-refractivity contribution is -0.132. The SMILES string of the molecule is CNC[C@@H]1CCCN(C(=O)Cc2cc(Cl)ccc2Cl)C1. The first-order valence-corrected chi connectivity index (χ1v) is 7.72. The second-order valence-corrected chi connectivity index (χ2v) is 6.16. The first kappa shape index (κ1) is 15.6. The molecule has 0 unspecified atom stereocenters. The number of halogens is 2. The van der Waals surface area contributed by atoms with E-state index in [0.717, 1.165) is 31.6 Å². The Morgan fingerprint density at radius 1 is 1.45 bits per heavy atom. The summed E-state index contributed by atoms with van der Waals surface area (Å²) in [6, 6.07) is 5.25. The normalized spacial score (nSPS) is 19.1. The van der Waals surface area contributed by atoms with Crippen molar-refractivity contribution in [2.75, 3.05) is 26.7 Å². The Bertz CT molecular complexity index is 477. The van der Waals surface area contributed by atoms with Gasteiger partial charge in [0.15, 0.2) is 0 Å². The highest BCUT2D eigenvalue weighted by Gasteiger charge is 2.23. The molecule has 1 heterocycles. The molecule has 3 nitrogen and oxygen atoms in total. The number of piperidine rings is 1. The third kappa shape index (κ3) is 4.11. The lowest BCUT2D eigenvalue weighted by Crippen LogP contribution is -2.43. The van der Waals surface area contributed by atoms with Crippen LogP contribution in [0, 0.1) is 5.92 Å². The number of nitrogens with one attached hydrogen (secondary N) is 1. The van der Waals surface area contributed by atoms with Crippen molar-refractivity contribution in [3.63, 3.8) is 0 Å². The second-order valence-electron chi connectivity index (χ2n) is 5.32. The van der Waals surface area contributed by atoms with Gasteiger partial charge in [0.25, 0.3) is 0 Å². The molecule has 1 atom stereocenters. The van der Waals surface area contributed by atoms with Crippen molar-refractivity contribution in [2.24, 2.45) is 5.92 Å². The molecule has 0 spiro atoms. The highest BCUT2D eigenvalue weighted by atomic mass is 35.5. The highest BCUT2D eigenvalue weighted by Crippen LogP contribution is 2.23. The zero-order valence-corrected chi connectivity index (χ0v) is 13.2. The maximum absolute atomic E-state index is 12.4. The Hall–Kier alpha value is -0.770. The number of rotatable bonds is 4. The van der Waals surface area contributed by atoms with Crippen molar-refractivity contribution in [3.05, 3.63) is 33.8 Å². The second kappa shape index (κ2) is 7.30. The van der Waals surface area contributed by atoms with Gasteiger partial charge in [0, 0.05) is 23.1 Å². The summed E-state index contributed by atoms with van der Waals surface area (Å²) in [4.78, 5) is 14.3. The Morgan fingerprint density at radius 3 is 3.00 bits per heavy atom. The van der Waals surface area contributed by atoms with Gasteiger partial charge in [-0.3, -0.25) is 4.79 Å². The molecule has 110 valence electrons. The monoisotopic (exact) mass is 314 g/mol. The van der Waals surface area contributed by atoms with Gasteiger partial charge in [0.2, 0.25) is 5.91 Å². The number of benzene rings is 1. The van der Waals surface area contributed by atoms with Crippen molar-refractivity contribution in [1.29, 1.82) is 0 Å². The van der Waals surface area contributed by atoms with Crippen LogP contribution < -0.4 is 5.32 Å². The number of likely N-dealkylation sites (tertiary alicyclic amines) is 1. The Labute approximate surface area is 130 Å². The lowest BCUT2D eigenvalue weighted by atomic mass is 9.97. The maximum Gasteiger partial charge on any atom is 0.227 e. The number of hydrogen-bond acceptors (Lipinski definition) is 2. The molecule has 1 saturated heterocycles. The first-order chi connectivity index (χ1) is 9.60. The first-order valence-electron chi connectivity index (χ1n) is 6.96. The van der Waals surface area contributed by atoms with Crippen LogP contribution in [0.25, 0.3) is 0 Å².